The van der Waals surface area contributed by atoms with E-state index in [1.807, 2.05) is 0 Å². The topological polar surface area (TPSA) is 26.0 Å². The number of rotatable bonds is 19. The Bertz CT molecular complexity index is 165. The van der Waals surface area contributed by atoms with Crippen molar-refractivity contribution in [2.45, 2.75) is 122 Å². The fraction of sp³-hybridized carbons (Fsp3) is 1.00. The first-order chi connectivity index (χ1) is 10.9. The van der Waals surface area contributed by atoms with E-state index in [-0.39, 0.29) is 0 Å². The molecule has 0 aromatic rings. The molecule has 134 valence electrons. The summed E-state index contributed by atoms with van der Waals surface area (Å²) in [5.74, 6) is 0. The molecule has 0 aliphatic carbocycles. The van der Waals surface area contributed by atoms with Crippen molar-refractivity contribution in [2.75, 3.05) is 6.54 Å². The summed E-state index contributed by atoms with van der Waals surface area (Å²) >= 11 is 0. The molecule has 0 rings (SSSR count). The predicted molar refractivity (Wildman–Crippen MR) is 107 cm³/mol. The van der Waals surface area contributed by atoms with Crippen molar-refractivity contribution in [1.82, 2.24) is 0 Å². The van der Waals surface area contributed by atoms with E-state index in [0.717, 1.165) is 6.54 Å². The van der Waals surface area contributed by atoms with Crippen molar-refractivity contribution in [3.8, 4) is 0 Å². The second kappa shape index (κ2) is 21.2. The van der Waals surface area contributed by atoms with Crippen LogP contribution in [0.5, 0.6) is 0 Å². The lowest BCUT2D eigenvalue weighted by molar-refractivity contribution is 0.525. The third-order valence-electron chi connectivity index (χ3n) is 4.81. The van der Waals surface area contributed by atoms with Crippen LogP contribution in [-0.4, -0.2) is 16.8 Å². The van der Waals surface area contributed by atoms with Gasteiger partial charge in [-0.1, -0.05) is 115 Å². The zero-order valence-electron chi connectivity index (χ0n) is 15.7. The van der Waals surface area contributed by atoms with E-state index in [1.165, 1.54) is 132 Å². The van der Waals surface area contributed by atoms with Crippen LogP contribution in [0.4, 0.5) is 0 Å². The lowest BCUT2D eigenvalue weighted by atomic mass is 10.0. The number of hydrogen-bond acceptors (Lipinski definition) is 1. The Kier molecular flexibility index (Phi) is 21.3. The first-order valence-electron chi connectivity index (χ1n) is 10.6. The summed E-state index contributed by atoms with van der Waals surface area (Å²) < 4.78 is 0. The largest absolute Gasteiger partial charge is 0.330 e. The van der Waals surface area contributed by atoms with E-state index in [2.05, 4.69) is 0 Å². The van der Waals surface area contributed by atoms with Crippen molar-refractivity contribution >= 4 is 10.2 Å². The minimum absolute atomic E-state index is 0.875. The van der Waals surface area contributed by atoms with Gasteiger partial charge in [-0.05, 0) is 13.0 Å². The average Bonchev–Trinajstić information content (AvgIpc) is 2.54. The van der Waals surface area contributed by atoms with E-state index >= 15 is 0 Å². The molecule has 0 atom stereocenters. The van der Waals surface area contributed by atoms with Gasteiger partial charge in [-0.3, -0.25) is 0 Å². The maximum Gasteiger partial charge on any atom is 0.00279 e. The molecular formula is C20H45NSi. The molecule has 0 radical (unpaired) electrons. The van der Waals surface area contributed by atoms with Crippen LogP contribution in [0, 0.1) is 0 Å². The van der Waals surface area contributed by atoms with Gasteiger partial charge in [0, 0.05) is 10.2 Å². The van der Waals surface area contributed by atoms with Crippen molar-refractivity contribution in [3.63, 3.8) is 0 Å². The molecule has 0 saturated heterocycles. The Labute approximate surface area is 144 Å². The van der Waals surface area contributed by atoms with Crippen molar-refractivity contribution < 1.29 is 0 Å². The van der Waals surface area contributed by atoms with Gasteiger partial charge < -0.3 is 5.73 Å². The second-order valence-electron chi connectivity index (χ2n) is 7.15. The predicted octanol–water partition coefficient (Wildman–Crippen LogP) is 5.75. The standard InChI is InChI=1S/C20H45NSi/c21-19-17-15-13-11-9-7-5-3-1-2-4-6-8-10-12-14-16-18-20-22/h1-21H2,22H3. The van der Waals surface area contributed by atoms with Gasteiger partial charge in [0.05, 0.1) is 0 Å². The lowest BCUT2D eigenvalue weighted by Crippen LogP contribution is -1.97. The van der Waals surface area contributed by atoms with Crippen LogP contribution in [0.1, 0.15) is 116 Å². The van der Waals surface area contributed by atoms with Crippen LogP contribution in [-0.2, 0) is 0 Å². The van der Waals surface area contributed by atoms with Crippen LogP contribution in [0.25, 0.3) is 0 Å². The highest BCUT2D eigenvalue weighted by molar-refractivity contribution is 6.08. The number of hydrogen-bond donors (Lipinski definition) is 1. The molecule has 0 spiro atoms. The highest BCUT2D eigenvalue weighted by Crippen LogP contribution is 2.14. The normalized spacial score (nSPS) is 11.3. The molecule has 2 heteroatoms. The molecule has 22 heavy (non-hydrogen) atoms. The van der Waals surface area contributed by atoms with Crippen LogP contribution >= 0.6 is 0 Å². The Morgan fingerprint density at radius 2 is 0.591 bits per heavy atom. The van der Waals surface area contributed by atoms with Gasteiger partial charge in [0.2, 0.25) is 0 Å². The van der Waals surface area contributed by atoms with Crippen molar-refractivity contribution in [2.24, 2.45) is 5.73 Å². The highest BCUT2D eigenvalue weighted by atomic mass is 28.1. The summed E-state index contributed by atoms with van der Waals surface area (Å²) in [5, 5.41) is 0. The molecule has 0 bridgehead atoms. The van der Waals surface area contributed by atoms with E-state index in [0.29, 0.717) is 0 Å². The Balaban J connectivity index is 2.91. The second-order valence-corrected chi connectivity index (χ2v) is 8.15. The minimum Gasteiger partial charge on any atom is -0.330 e. The molecule has 0 aromatic heterocycles. The first kappa shape index (κ1) is 22.2. The zero-order valence-corrected chi connectivity index (χ0v) is 17.7. The first-order valence-corrected chi connectivity index (χ1v) is 12.0. The van der Waals surface area contributed by atoms with Crippen LogP contribution in [0.3, 0.4) is 0 Å². The molecule has 0 unspecified atom stereocenters. The van der Waals surface area contributed by atoms with Gasteiger partial charge in [0.15, 0.2) is 0 Å². The highest BCUT2D eigenvalue weighted by Gasteiger charge is 1.94. The maximum atomic E-state index is 5.50. The van der Waals surface area contributed by atoms with Crippen LogP contribution < -0.4 is 5.73 Å². The fourth-order valence-electron chi connectivity index (χ4n) is 3.22. The molecule has 0 aliphatic rings. The van der Waals surface area contributed by atoms with E-state index in [9.17, 15) is 0 Å². The summed E-state index contributed by atoms with van der Waals surface area (Å²) in [5.41, 5.74) is 5.50. The molecule has 0 heterocycles. The molecule has 0 aliphatic heterocycles. The Morgan fingerprint density at radius 1 is 0.364 bits per heavy atom. The molecule has 0 saturated carbocycles. The van der Waals surface area contributed by atoms with Crippen molar-refractivity contribution in [3.05, 3.63) is 0 Å². The smallest absolute Gasteiger partial charge is 0.00279 e. The van der Waals surface area contributed by atoms with Gasteiger partial charge in [-0.25, -0.2) is 0 Å². The van der Waals surface area contributed by atoms with Gasteiger partial charge in [-0.2, -0.15) is 0 Å². The minimum atomic E-state index is 0.875. The maximum absolute atomic E-state index is 5.50. The molecule has 0 fully saturated rings. The van der Waals surface area contributed by atoms with E-state index in [4.69, 9.17) is 5.73 Å². The SMILES string of the molecule is NCCCCCCCCCCCCCCCCCCCC[SiH3]. The summed E-state index contributed by atoms with van der Waals surface area (Å²) in [6.45, 7) is 0.875. The van der Waals surface area contributed by atoms with Crippen molar-refractivity contribution in [1.29, 1.82) is 0 Å². The zero-order chi connectivity index (χ0) is 16.1. The summed E-state index contributed by atoms with van der Waals surface area (Å²) in [4.78, 5) is 0. The van der Waals surface area contributed by atoms with E-state index in [1.54, 1.807) is 0 Å². The van der Waals surface area contributed by atoms with Gasteiger partial charge in [-0.15, -0.1) is 0 Å². The summed E-state index contributed by atoms with van der Waals surface area (Å²) in [6.07, 6.45) is 26.2. The van der Waals surface area contributed by atoms with Crippen LogP contribution in [0.15, 0.2) is 0 Å². The summed E-state index contributed by atoms with van der Waals surface area (Å²) in [6, 6.07) is 1.51. The average molecular weight is 328 g/mol. The Hall–Kier alpha value is 0.177. The van der Waals surface area contributed by atoms with E-state index < -0.39 is 0 Å². The molecule has 2 N–H and O–H groups in total. The van der Waals surface area contributed by atoms with Gasteiger partial charge >= 0.3 is 0 Å². The third-order valence-corrected chi connectivity index (χ3v) is 5.51. The van der Waals surface area contributed by atoms with Gasteiger partial charge in [0.25, 0.3) is 0 Å². The molecule has 0 aromatic carbocycles. The molecule has 0 amide bonds. The number of unbranched alkanes of at least 4 members (excludes halogenated alkanes) is 17. The third kappa shape index (κ3) is 20.2. The van der Waals surface area contributed by atoms with Crippen LogP contribution in [0.2, 0.25) is 6.04 Å². The Morgan fingerprint density at radius 3 is 0.818 bits per heavy atom. The monoisotopic (exact) mass is 327 g/mol. The number of nitrogens with two attached hydrogens (primary N) is 1. The fourth-order valence-corrected chi connectivity index (χ4v) is 3.72. The molecule has 1 nitrogen and oxygen atoms in total. The molecular weight excluding hydrogens is 282 g/mol. The lowest BCUT2D eigenvalue weighted by Gasteiger charge is -2.03. The quantitative estimate of drug-likeness (QED) is 0.237. The van der Waals surface area contributed by atoms with Gasteiger partial charge in [0.1, 0.15) is 0 Å². The summed E-state index contributed by atoms with van der Waals surface area (Å²) in [7, 11) is 1.41.